The Labute approximate surface area is 303 Å². The Bertz CT molecular complexity index is 3130. The zero-order chi connectivity index (χ0) is 34.2. The van der Waals surface area contributed by atoms with E-state index in [9.17, 15) is 0 Å². The largest absolute Gasteiger partial charge is 0.456 e. The summed E-state index contributed by atoms with van der Waals surface area (Å²) in [6.45, 7) is 0. The zero-order valence-corrected chi connectivity index (χ0v) is 28.7. The summed E-state index contributed by atoms with van der Waals surface area (Å²) in [7, 11) is 0. The van der Waals surface area contributed by atoms with Gasteiger partial charge >= 0.3 is 0 Å². The minimum Gasteiger partial charge on any atom is -0.456 e. The van der Waals surface area contributed by atoms with Crippen molar-refractivity contribution in [3.05, 3.63) is 176 Å². The lowest BCUT2D eigenvalue weighted by Crippen LogP contribution is -2.09. The summed E-state index contributed by atoms with van der Waals surface area (Å²) in [6.07, 6.45) is 0. The number of thiophene rings is 1. The van der Waals surface area contributed by atoms with Gasteiger partial charge in [0.2, 0.25) is 0 Å². The summed E-state index contributed by atoms with van der Waals surface area (Å²) in [6, 6.07) is 62.5. The number of para-hydroxylation sites is 1. The number of anilines is 3. The maximum Gasteiger partial charge on any atom is 0.136 e. The van der Waals surface area contributed by atoms with Crippen LogP contribution in [0.4, 0.5) is 17.1 Å². The summed E-state index contributed by atoms with van der Waals surface area (Å²) in [5, 5.41) is 6.98. The van der Waals surface area contributed by atoms with Gasteiger partial charge < -0.3 is 13.7 Å². The Hall–Kier alpha value is -6.62. The Balaban J connectivity index is 1.13. The van der Waals surface area contributed by atoms with Gasteiger partial charge in [-0.05, 0) is 89.0 Å². The fraction of sp³-hybridized carbons (Fsp3) is 0. The lowest BCUT2D eigenvalue weighted by atomic mass is 9.95. The van der Waals surface area contributed by atoms with Crippen molar-refractivity contribution in [2.75, 3.05) is 4.90 Å². The molecule has 52 heavy (non-hydrogen) atoms. The number of benzene rings is 8. The summed E-state index contributed by atoms with van der Waals surface area (Å²) in [4.78, 5) is 2.36. The van der Waals surface area contributed by atoms with Crippen LogP contribution in [0.15, 0.2) is 185 Å². The first-order valence-corrected chi connectivity index (χ1v) is 18.3. The maximum atomic E-state index is 6.56. The van der Waals surface area contributed by atoms with E-state index < -0.39 is 0 Å². The van der Waals surface area contributed by atoms with Gasteiger partial charge in [-0.3, -0.25) is 0 Å². The Kier molecular flexibility index (Phi) is 6.42. The van der Waals surface area contributed by atoms with Crippen molar-refractivity contribution >= 4 is 92.4 Å². The molecular formula is C48H29NO2S. The van der Waals surface area contributed by atoms with Gasteiger partial charge in [-0.2, -0.15) is 0 Å². The molecule has 3 heterocycles. The van der Waals surface area contributed by atoms with Crippen molar-refractivity contribution in [3.8, 4) is 22.3 Å². The first-order chi connectivity index (χ1) is 25.8. The molecule has 0 N–H and O–H groups in total. The summed E-state index contributed by atoms with van der Waals surface area (Å²) in [5.74, 6) is 0. The highest BCUT2D eigenvalue weighted by atomic mass is 32.1. The molecule has 0 fully saturated rings. The molecule has 0 spiro atoms. The molecule has 3 aromatic heterocycles. The van der Waals surface area contributed by atoms with Crippen molar-refractivity contribution in [3.63, 3.8) is 0 Å². The first-order valence-electron chi connectivity index (χ1n) is 17.5. The van der Waals surface area contributed by atoms with Crippen LogP contribution < -0.4 is 4.90 Å². The minimum absolute atomic E-state index is 0.856. The second-order valence-corrected chi connectivity index (χ2v) is 14.3. The van der Waals surface area contributed by atoms with Crippen LogP contribution in [0.2, 0.25) is 0 Å². The third kappa shape index (κ3) is 4.51. The van der Waals surface area contributed by atoms with Crippen LogP contribution in [0, 0.1) is 0 Å². The lowest BCUT2D eigenvalue weighted by Gasteiger charge is -2.26. The number of furan rings is 2. The van der Waals surface area contributed by atoms with Crippen LogP contribution in [0.3, 0.4) is 0 Å². The third-order valence-electron chi connectivity index (χ3n) is 10.3. The van der Waals surface area contributed by atoms with E-state index in [1.54, 1.807) is 0 Å². The first kappa shape index (κ1) is 29.1. The van der Waals surface area contributed by atoms with E-state index in [1.807, 2.05) is 23.5 Å². The van der Waals surface area contributed by atoms with Crippen molar-refractivity contribution < 1.29 is 8.83 Å². The molecule has 11 rings (SSSR count). The molecule has 0 atom stereocenters. The molecule has 0 saturated carbocycles. The van der Waals surface area contributed by atoms with Crippen LogP contribution in [-0.4, -0.2) is 0 Å². The molecule has 0 aliphatic carbocycles. The van der Waals surface area contributed by atoms with E-state index >= 15 is 0 Å². The van der Waals surface area contributed by atoms with E-state index in [-0.39, 0.29) is 0 Å². The SMILES string of the molecule is c1ccc(-c2ccc(N(c3ccc4c(c3)sc3ccccc34)c3ccc4oc5cccc(-c6cccc7oc8ccccc8c67)c5c4c3)cc2)cc1. The molecule has 0 radical (unpaired) electrons. The van der Waals surface area contributed by atoms with Gasteiger partial charge in [-0.15, -0.1) is 11.3 Å². The second kappa shape index (κ2) is 11.5. The maximum absolute atomic E-state index is 6.56. The van der Waals surface area contributed by atoms with Crippen molar-refractivity contribution in [2.45, 2.75) is 0 Å². The molecule has 3 nitrogen and oxygen atoms in total. The van der Waals surface area contributed by atoms with Crippen LogP contribution in [0.5, 0.6) is 0 Å². The fourth-order valence-electron chi connectivity index (χ4n) is 7.91. The van der Waals surface area contributed by atoms with Crippen LogP contribution in [0.1, 0.15) is 0 Å². The average Bonchev–Trinajstić information content (AvgIpc) is 3.89. The van der Waals surface area contributed by atoms with E-state index in [1.165, 1.54) is 31.3 Å². The standard InChI is InChI=1S/C48H29NO2S/c1-2-10-30(11-3-1)31-20-22-32(23-21-31)49(34-24-26-36-35-12-5-7-19-45(35)52-46(36)29-34)33-25-27-42-40(28-33)48-38(15-9-18-44(48)51-42)37-14-8-17-43-47(37)39-13-4-6-16-41(39)50-43/h1-29H. The molecule has 4 heteroatoms. The molecule has 0 aliphatic rings. The van der Waals surface area contributed by atoms with Crippen molar-refractivity contribution in [2.24, 2.45) is 0 Å². The minimum atomic E-state index is 0.856. The number of nitrogens with zero attached hydrogens (tertiary/aromatic N) is 1. The van der Waals surface area contributed by atoms with Crippen LogP contribution in [-0.2, 0) is 0 Å². The highest BCUT2D eigenvalue weighted by Gasteiger charge is 2.20. The normalized spacial score (nSPS) is 11.8. The van der Waals surface area contributed by atoms with Gasteiger partial charge in [0, 0.05) is 58.8 Å². The molecule has 0 amide bonds. The second-order valence-electron chi connectivity index (χ2n) is 13.3. The highest BCUT2D eigenvalue weighted by Crippen LogP contribution is 2.45. The molecule has 0 unspecified atom stereocenters. The highest BCUT2D eigenvalue weighted by molar-refractivity contribution is 7.25. The zero-order valence-electron chi connectivity index (χ0n) is 27.9. The third-order valence-corrected chi connectivity index (χ3v) is 11.4. The van der Waals surface area contributed by atoms with E-state index in [0.29, 0.717) is 0 Å². The Morgan fingerprint density at radius 3 is 1.69 bits per heavy atom. The lowest BCUT2D eigenvalue weighted by molar-refractivity contribution is 0.668. The topological polar surface area (TPSA) is 29.5 Å². The number of hydrogen-bond donors (Lipinski definition) is 0. The van der Waals surface area contributed by atoms with Gasteiger partial charge in [-0.25, -0.2) is 0 Å². The molecule has 0 bridgehead atoms. The number of rotatable bonds is 5. The predicted octanol–water partition coefficient (Wildman–Crippen LogP) is 14.7. The van der Waals surface area contributed by atoms with Crippen LogP contribution in [0.25, 0.3) is 86.3 Å². The molecule has 0 aliphatic heterocycles. The van der Waals surface area contributed by atoms with Gasteiger partial charge in [0.05, 0.1) is 0 Å². The quantitative estimate of drug-likeness (QED) is 0.181. The summed E-state index contributed by atoms with van der Waals surface area (Å²) in [5.41, 5.74) is 11.4. The number of fused-ring (bicyclic) bond motifs is 9. The fourth-order valence-corrected chi connectivity index (χ4v) is 9.05. The van der Waals surface area contributed by atoms with Gasteiger partial charge in [0.1, 0.15) is 22.3 Å². The summed E-state index contributed by atoms with van der Waals surface area (Å²) >= 11 is 1.84. The Morgan fingerprint density at radius 1 is 0.346 bits per heavy atom. The molecule has 8 aromatic carbocycles. The van der Waals surface area contributed by atoms with E-state index in [4.69, 9.17) is 8.83 Å². The van der Waals surface area contributed by atoms with Gasteiger partial charge in [0.25, 0.3) is 0 Å². The van der Waals surface area contributed by atoms with E-state index in [2.05, 4.69) is 169 Å². The Morgan fingerprint density at radius 2 is 0.904 bits per heavy atom. The summed E-state index contributed by atoms with van der Waals surface area (Å²) < 4.78 is 15.4. The predicted molar refractivity (Wildman–Crippen MR) is 219 cm³/mol. The number of hydrogen-bond acceptors (Lipinski definition) is 4. The van der Waals surface area contributed by atoms with Crippen molar-refractivity contribution in [1.82, 2.24) is 0 Å². The molecular weight excluding hydrogens is 655 g/mol. The monoisotopic (exact) mass is 683 g/mol. The molecule has 11 aromatic rings. The average molecular weight is 684 g/mol. The van der Waals surface area contributed by atoms with Crippen molar-refractivity contribution in [1.29, 1.82) is 0 Å². The van der Waals surface area contributed by atoms with Gasteiger partial charge in [-0.1, -0.05) is 109 Å². The van der Waals surface area contributed by atoms with Gasteiger partial charge in [0.15, 0.2) is 0 Å². The molecule has 0 saturated heterocycles. The van der Waals surface area contributed by atoms with Crippen LogP contribution >= 0.6 is 11.3 Å². The molecule has 244 valence electrons. The van der Waals surface area contributed by atoms with E-state index in [0.717, 1.165) is 72.1 Å². The smallest absolute Gasteiger partial charge is 0.136 e.